The topological polar surface area (TPSA) is 78.7 Å². The molecule has 1 fully saturated rings. The smallest absolute Gasteiger partial charge is 0.337 e. The van der Waals surface area contributed by atoms with Gasteiger partial charge in [-0.1, -0.05) is 17.7 Å². The fourth-order valence-corrected chi connectivity index (χ4v) is 5.41. The van der Waals surface area contributed by atoms with E-state index in [1.165, 1.54) is 18.7 Å². The highest BCUT2D eigenvalue weighted by Crippen LogP contribution is 2.28. The molecule has 0 radical (unpaired) electrons. The molecule has 0 bridgehead atoms. The summed E-state index contributed by atoms with van der Waals surface area (Å²) in [6.45, 7) is 5.59. The Balaban J connectivity index is 1.22. The van der Waals surface area contributed by atoms with E-state index in [0.717, 1.165) is 54.1 Å². The summed E-state index contributed by atoms with van der Waals surface area (Å²) in [6, 6.07) is 12.1. The first-order valence-electron chi connectivity index (χ1n) is 13.4. The molecule has 2 aromatic heterocycles. The summed E-state index contributed by atoms with van der Waals surface area (Å²) in [5.74, 6) is 0.641. The van der Waals surface area contributed by atoms with Crippen LogP contribution >= 0.6 is 11.6 Å². The van der Waals surface area contributed by atoms with Crippen LogP contribution in [0.2, 0.25) is 5.02 Å². The van der Waals surface area contributed by atoms with Crippen LogP contribution in [0.15, 0.2) is 42.5 Å². The van der Waals surface area contributed by atoms with Gasteiger partial charge in [0.2, 0.25) is 5.88 Å². The number of halogens is 2. The maximum absolute atomic E-state index is 14.2. The number of carbonyl (C=O) groups excluding carboxylic acids is 1. The first-order valence-corrected chi connectivity index (χ1v) is 13.7. The molecule has 0 saturated carbocycles. The summed E-state index contributed by atoms with van der Waals surface area (Å²) in [5.41, 5.74) is 5.71. The number of aromatic nitrogens is 3. The Bertz CT molecular complexity index is 1590. The van der Waals surface area contributed by atoms with Gasteiger partial charge in [-0.3, -0.25) is 4.90 Å². The molecule has 40 heavy (non-hydrogen) atoms. The molecule has 0 spiro atoms. The number of imidazole rings is 1. The highest BCUT2D eigenvalue weighted by Gasteiger charge is 2.25. The SMILES string of the molecule is COC(=O)c1ccc2nc(CN3CCc4cc(C)c(OCc5ccc(Cl)cc5F)nc4C3)n(C[C@@H]3CCO3)c2c1. The van der Waals surface area contributed by atoms with Gasteiger partial charge < -0.3 is 18.8 Å². The molecule has 0 amide bonds. The molecule has 2 aliphatic rings. The van der Waals surface area contributed by atoms with Crippen molar-refractivity contribution in [1.29, 1.82) is 0 Å². The fourth-order valence-electron chi connectivity index (χ4n) is 5.25. The summed E-state index contributed by atoms with van der Waals surface area (Å²) in [4.78, 5) is 24.3. The maximum atomic E-state index is 14.2. The van der Waals surface area contributed by atoms with E-state index in [9.17, 15) is 9.18 Å². The molecule has 2 aromatic carbocycles. The second-order valence-corrected chi connectivity index (χ2v) is 10.8. The Hall–Kier alpha value is -3.53. The van der Waals surface area contributed by atoms with Crippen LogP contribution in [0.3, 0.4) is 0 Å². The van der Waals surface area contributed by atoms with Gasteiger partial charge in [-0.15, -0.1) is 0 Å². The molecule has 4 aromatic rings. The van der Waals surface area contributed by atoms with E-state index in [-0.39, 0.29) is 18.7 Å². The number of nitrogens with zero attached hydrogens (tertiary/aromatic N) is 4. The van der Waals surface area contributed by atoms with Gasteiger partial charge in [-0.25, -0.2) is 19.2 Å². The average Bonchev–Trinajstić information content (AvgIpc) is 3.25. The predicted molar refractivity (Wildman–Crippen MR) is 148 cm³/mol. The second-order valence-electron chi connectivity index (χ2n) is 10.3. The van der Waals surface area contributed by atoms with Gasteiger partial charge in [0.15, 0.2) is 0 Å². The van der Waals surface area contributed by atoms with Crippen molar-refractivity contribution in [2.45, 2.75) is 52.1 Å². The minimum absolute atomic E-state index is 0.0696. The molecule has 4 heterocycles. The van der Waals surface area contributed by atoms with Gasteiger partial charge >= 0.3 is 5.97 Å². The third kappa shape index (κ3) is 5.41. The molecular formula is C30H30ClFN4O4. The number of hydrogen-bond acceptors (Lipinski definition) is 7. The molecule has 1 saturated heterocycles. The second kappa shape index (κ2) is 11.2. The Labute approximate surface area is 236 Å². The number of benzene rings is 2. The maximum Gasteiger partial charge on any atom is 0.337 e. The number of methoxy groups -OCH3 is 1. The number of hydrogen-bond donors (Lipinski definition) is 0. The third-order valence-electron chi connectivity index (χ3n) is 7.58. The molecule has 6 rings (SSSR count). The average molecular weight is 565 g/mol. The molecule has 10 heteroatoms. The zero-order valence-electron chi connectivity index (χ0n) is 22.5. The lowest BCUT2D eigenvalue weighted by molar-refractivity contribution is -0.0592. The molecular weight excluding hydrogens is 535 g/mol. The van der Waals surface area contributed by atoms with Gasteiger partial charge in [0, 0.05) is 35.8 Å². The first-order chi connectivity index (χ1) is 19.4. The van der Waals surface area contributed by atoms with E-state index in [0.29, 0.717) is 41.7 Å². The van der Waals surface area contributed by atoms with Crippen LogP contribution in [0.5, 0.6) is 5.88 Å². The summed E-state index contributed by atoms with van der Waals surface area (Å²) < 4.78 is 33.0. The largest absolute Gasteiger partial charge is 0.472 e. The molecule has 8 nitrogen and oxygen atoms in total. The first kappa shape index (κ1) is 26.7. The number of esters is 1. The van der Waals surface area contributed by atoms with E-state index >= 15 is 0 Å². The monoisotopic (exact) mass is 564 g/mol. The quantitative estimate of drug-likeness (QED) is 0.271. The number of ether oxygens (including phenoxy) is 3. The van der Waals surface area contributed by atoms with Crippen molar-refractivity contribution >= 4 is 28.6 Å². The lowest BCUT2D eigenvalue weighted by atomic mass is 10.0. The number of fused-ring (bicyclic) bond motifs is 2. The van der Waals surface area contributed by atoms with Gasteiger partial charge in [-0.2, -0.15) is 0 Å². The van der Waals surface area contributed by atoms with Crippen LogP contribution in [-0.2, 0) is 42.1 Å². The number of rotatable bonds is 8. The van der Waals surface area contributed by atoms with Gasteiger partial charge in [0.05, 0.1) is 48.6 Å². The van der Waals surface area contributed by atoms with Crippen LogP contribution < -0.4 is 4.74 Å². The van der Waals surface area contributed by atoms with Gasteiger partial charge in [-0.05, 0) is 61.7 Å². The van der Waals surface area contributed by atoms with Gasteiger partial charge in [0.1, 0.15) is 18.2 Å². The minimum atomic E-state index is -0.400. The number of aryl methyl sites for hydroxylation is 1. The van der Waals surface area contributed by atoms with Gasteiger partial charge in [0.25, 0.3) is 0 Å². The standard InChI is InChI=1S/C30H30ClFN4O4/c1-18-11-19-7-9-35(15-26(19)34-29(18)40-17-21-3-5-22(31)13-24(21)32)16-28-33-25-6-4-20(30(37)38-2)12-27(25)36(28)14-23-8-10-39-23/h3-6,11-13,23H,7-10,14-17H2,1-2H3/t23-/m0/s1. The van der Waals surface area contributed by atoms with E-state index < -0.39 is 5.82 Å². The van der Waals surface area contributed by atoms with Crippen molar-refractivity contribution in [2.75, 3.05) is 20.3 Å². The molecule has 0 unspecified atom stereocenters. The fraction of sp³-hybridized carbons (Fsp3) is 0.367. The number of pyridine rings is 1. The number of carbonyl (C=O) groups is 1. The molecule has 0 N–H and O–H groups in total. The van der Waals surface area contributed by atoms with Crippen molar-refractivity contribution in [1.82, 2.24) is 19.4 Å². The van der Waals surface area contributed by atoms with Crippen molar-refractivity contribution in [2.24, 2.45) is 0 Å². The van der Waals surface area contributed by atoms with Crippen molar-refractivity contribution in [3.8, 4) is 5.88 Å². The van der Waals surface area contributed by atoms with E-state index in [2.05, 4.69) is 15.5 Å². The lowest BCUT2D eigenvalue weighted by Gasteiger charge is -2.30. The van der Waals surface area contributed by atoms with Crippen LogP contribution in [-0.4, -0.2) is 51.8 Å². The van der Waals surface area contributed by atoms with Crippen molar-refractivity contribution in [3.05, 3.63) is 87.1 Å². The highest BCUT2D eigenvalue weighted by atomic mass is 35.5. The van der Waals surface area contributed by atoms with Crippen LogP contribution in [0, 0.1) is 12.7 Å². The van der Waals surface area contributed by atoms with Crippen molar-refractivity contribution < 1.29 is 23.4 Å². The highest BCUT2D eigenvalue weighted by molar-refractivity contribution is 6.30. The predicted octanol–water partition coefficient (Wildman–Crippen LogP) is 5.25. The normalized spacial score (nSPS) is 16.9. The molecule has 0 aliphatic carbocycles. The Kier molecular flexibility index (Phi) is 7.44. The van der Waals surface area contributed by atoms with Crippen LogP contribution in [0.4, 0.5) is 4.39 Å². The van der Waals surface area contributed by atoms with E-state index in [4.69, 9.17) is 35.8 Å². The van der Waals surface area contributed by atoms with Crippen LogP contribution in [0.25, 0.3) is 11.0 Å². The Morgan fingerprint density at radius 3 is 2.80 bits per heavy atom. The van der Waals surface area contributed by atoms with E-state index in [1.807, 2.05) is 19.1 Å². The minimum Gasteiger partial charge on any atom is -0.472 e. The van der Waals surface area contributed by atoms with Crippen molar-refractivity contribution in [3.63, 3.8) is 0 Å². The Morgan fingerprint density at radius 2 is 2.05 bits per heavy atom. The summed E-state index contributed by atoms with van der Waals surface area (Å²) in [7, 11) is 1.38. The Morgan fingerprint density at radius 1 is 1.20 bits per heavy atom. The van der Waals surface area contributed by atoms with E-state index in [1.54, 1.807) is 18.2 Å². The van der Waals surface area contributed by atoms with Crippen LogP contribution in [0.1, 0.15) is 45.0 Å². The summed E-state index contributed by atoms with van der Waals surface area (Å²) in [5, 5.41) is 0.349. The molecule has 1 atom stereocenters. The summed E-state index contributed by atoms with van der Waals surface area (Å²) >= 11 is 5.87. The molecule has 208 valence electrons. The zero-order valence-corrected chi connectivity index (χ0v) is 23.2. The summed E-state index contributed by atoms with van der Waals surface area (Å²) in [6.07, 6.45) is 1.99. The molecule has 2 aliphatic heterocycles. The third-order valence-corrected chi connectivity index (χ3v) is 7.81. The lowest BCUT2D eigenvalue weighted by Crippen LogP contribution is -2.34. The zero-order chi connectivity index (χ0) is 27.8.